The van der Waals surface area contributed by atoms with Gasteiger partial charge >= 0.3 is 5.97 Å². The molecular formula is C15H15NO4S. The summed E-state index contributed by atoms with van der Waals surface area (Å²) in [6, 6.07) is 14.8. The Morgan fingerprint density at radius 1 is 1.00 bits per heavy atom. The van der Waals surface area contributed by atoms with Gasteiger partial charge in [-0.25, -0.2) is 8.42 Å². The van der Waals surface area contributed by atoms with Gasteiger partial charge in [-0.05, 0) is 36.2 Å². The molecule has 0 atom stereocenters. The minimum atomic E-state index is -3.63. The summed E-state index contributed by atoms with van der Waals surface area (Å²) >= 11 is 0. The van der Waals surface area contributed by atoms with Gasteiger partial charge in [0, 0.05) is 12.1 Å². The van der Waals surface area contributed by atoms with E-state index >= 15 is 0 Å². The number of rotatable bonds is 6. The molecule has 0 heterocycles. The topological polar surface area (TPSA) is 83.5 Å². The van der Waals surface area contributed by atoms with Gasteiger partial charge in [0.05, 0.1) is 4.90 Å². The Labute approximate surface area is 123 Å². The number of sulfonamides is 1. The van der Waals surface area contributed by atoms with Gasteiger partial charge in [-0.1, -0.05) is 30.3 Å². The van der Waals surface area contributed by atoms with Crippen LogP contribution in [0.3, 0.4) is 0 Å². The van der Waals surface area contributed by atoms with Gasteiger partial charge in [0.2, 0.25) is 0 Å². The molecule has 0 aromatic heterocycles. The van der Waals surface area contributed by atoms with Gasteiger partial charge in [0.1, 0.15) is 0 Å². The quantitative estimate of drug-likeness (QED) is 0.859. The lowest BCUT2D eigenvalue weighted by Gasteiger charge is -2.08. The summed E-state index contributed by atoms with van der Waals surface area (Å²) in [6.07, 6.45) is 0.399. The zero-order valence-electron chi connectivity index (χ0n) is 11.2. The number of benzene rings is 2. The van der Waals surface area contributed by atoms with Crippen molar-refractivity contribution in [3.05, 3.63) is 60.2 Å². The smallest absolute Gasteiger partial charge is 0.303 e. The Kier molecular flexibility index (Phi) is 4.59. The van der Waals surface area contributed by atoms with Crippen molar-refractivity contribution in [2.24, 2.45) is 0 Å². The lowest BCUT2D eigenvalue weighted by Crippen LogP contribution is -2.12. The van der Waals surface area contributed by atoms with E-state index in [2.05, 4.69) is 4.72 Å². The van der Waals surface area contributed by atoms with E-state index in [1.807, 2.05) is 0 Å². The second kappa shape index (κ2) is 6.41. The maximum absolute atomic E-state index is 12.2. The zero-order chi connectivity index (χ0) is 15.3. The number of carboxylic acid groups (broad SMARTS) is 1. The third-order valence-corrected chi connectivity index (χ3v) is 4.28. The first-order chi connectivity index (χ1) is 9.97. The lowest BCUT2D eigenvalue weighted by molar-refractivity contribution is -0.136. The predicted molar refractivity (Wildman–Crippen MR) is 79.6 cm³/mol. The molecule has 0 spiro atoms. The number of hydrogen-bond donors (Lipinski definition) is 2. The van der Waals surface area contributed by atoms with Gasteiger partial charge in [-0.15, -0.1) is 0 Å². The number of hydrogen-bond acceptors (Lipinski definition) is 3. The number of carbonyl (C=O) groups is 1. The summed E-state index contributed by atoms with van der Waals surface area (Å²) in [5, 5.41) is 8.62. The maximum atomic E-state index is 12.2. The summed E-state index contributed by atoms with van der Waals surface area (Å²) in [5.41, 5.74) is 1.28. The van der Waals surface area contributed by atoms with E-state index in [0.717, 1.165) is 5.56 Å². The number of carboxylic acids is 1. The predicted octanol–water partition coefficient (Wildman–Crippen LogP) is 2.50. The van der Waals surface area contributed by atoms with Crippen molar-refractivity contribution in [1.29, 1.82) is 0 Å². The molecule has 110 valence electrons. The Morgan fingerprint density at radius 3 is 2.19 bits per heavy atom. The molecular weight excluding hydrogens is 290 g/mol. The van der Waals surface area contributed by atoms with Crippen LogP contribution in [0.5, 0.6) is 0 Å². The van der Waals surface area contributed by atoms with Crippen molar-refractivity contribution in [2.45, 2.75) is 17.7 Å². The fourth-order valence-electron chi connectivity index (χ4n) is 1.81. The number of nitrogens with one attached hydrogen (secondary N) is 1. The van der Waals surface area contributed by atoms with E-state index in [9.17, 15) is 13.2 Å². The van der Waals surface area contributed by atoms with Crippen LogP contribution >= 0.6 is 0 Å². The molecule has 2 rings (SSSR count). The van der Waals surface area contributed by atoms with Gasteiger partial charge in [-0.3, -0.25) is 9.52 Å². The second-order valence-corrected chi connectivity index (χ2v) is 6.19. The Bertz CT molecular complexity index is 709. The molecule has 2 aromatic carbocycles. The van der Waals surface area contributed by atoms with Crippen LogP contribution < -0.4 is 4.72 Å². The van der Waals surface area contributed by atoms with Crippen molar-refractivity contribution in [3.63, 3.8) is 0 Å². The summed E-state index contributed by atoms with van der Waals surface area (Å²) in [5.74, 6) is -0.877. The van der Waals surface area contributed by atoms with Crippen molar-refractivity contribution in [3.8, 4) is 0 Å². The molecule has 0 saturated heterocycles. The molecule has 0 aliphatic heterocycles. The number of aliphatic carboxylic acids is 1. The molecule has 0 radical (unpaired) electrons. The fourth-order valence-corrected chi connectivity index (χ4v) is 2.87. The van der Waals surface area contributed by atoms with Crippen molar-refractivity contribution >= 4 is 21.7 Å². The molecule has 0 bridgehead atoms. The van der Waals surface area contributed by atoms with E-state index in [1.165, 1.54) is 12.1 Å². The third-order valence-electron chi connectivity index (χ3n) is 2.89. The van der Waals surface area contributed by atoms with Crippen molar-refractivity contribution in [2.75, 3.05) is 4.72 Å². The van der Waals surface area contributed by atoms with Crippen molar-refractivity contribution < 1.29 is 18.3 Å². The summed E-state index contributed by atoms with van der Waals surface area (Å²) in [7, 11) is -3.63. The Hall–Kier alpha value is -2.34. The normalized spacial score (nSPS) is 11.0. The molecule has 0 aliphatic carbocycles. The van der Waals surface area contributed by atoms with Crippen LogP contribution in [0.4, 0.5) is 5.69 Å². The van der Waals surface area contributed by atoms with E-state index in [1.54, 1.807) is 42.5 Å². The summed E-state index contributed by atoms with van der Waals surface area (Å²) < 4.78 is 26.8. The van der Waals surface area contributed by atoms with Crippen LogP contribution in [-0.2, 0) is 21.2 Å². The first kappa shape index (κ1) is 15.1. The molecule has 5 nitrogen and oxygen atoms in total. The Balaban J connectivity index is 2.12. The van der Waals surface area contributed by atoms with Gasteiger partial charge in [-0.2, -0.15) is 0 Å². The molecule has 0 unspecified atom stereocenters. The standard InChI is InChI=1S/C15H15NO4S/c17-15(18)11-8-12-6-9-14(10-7-12)21(19,20)16-13-4-2-1-3-5-13/h1-7,9-10,16H,8,11H2,(H,17,18). The Morgan fingerprint density at radius 2 is 1.62 bits per heavy atom. The first-order valence-corrected chi connectivity index (χ1v) is 7.84. The zero-order valence-corrected chi connectivity index (χ0v) is 12.0. The van der Waals surface area contributed by atoms with Gasteiger partial charge < -0.3 is 5.11 Å². The average molecular weight is 305 g/mol. The number of anilines is 1. The number of aryl methyl sites for hydroxylation is 1. The fraction of sp³-hybridized carbons (Fsp3) is 0.133. The monoisotopic (exact) mass is 305 g/mol. The molecule has 21 heavy (non-hydrogen) atoms. The van der Waals surface area contributed by atoms with E-state index < -0.39 is 16.0 Å². The van der Waals surface area contributed by atoms with Crippen molar-refractivity contribution in [1.82, 2.24) is 0 Å². The highest BCUT2D eigenvalue weighted by Gasteiger charge is 2.13. The lowest BCUT2D eigenvalue weighted by atomic mass is 10.1. The molecule has 6 heteroatoms. The van der Waals surface area contributed by atoms with Gasteiger partial charge in [0.25, 0.3) is 10.0 Å². The van der Waals surface area contributed by atoms with E-state index in [4.69, 9.17) is 5.11 Å². The van der Waals surface area contributed by atoms with Crippen LogP contribution in [0.1, 0.15) is 12.0 Å². The highest BCUT2D eigenvalue weighted by atomic mass is 32.2. The minimum Gasteiger partial charge on any atom is -0.481 e. The summed E-state index contributed by atoms with van der Waals surface area (Å²) in [6.45, 7) is 0. The maximum Gasteiger partial charge on any atom is 0.303 e. The first-order valence-electron chi connectivity index (χ1n) is 6.36. The van der Waals surface area contributed by atoms with E-state index in [0.29, 0.717) is 12.1 Å². The van der Waals surface area contributed by atoms with Crippen LogP contribution in [0.25, 0.3) is 0 Å². The molecule has 0 saturated carbocycles. The SMILES string of the molecule is O=C(O)CCc1ccc(S(=O)(=O)Nc2ccccc2)cc1. The van der Waals surface area contributed by atoms with Crippen LogP contribution in [-0.4, -0.2) is 19.5 Å². The minimum absolute atomic E-state index is 0.0222. The third kappa shape index (κ3) is 4.32. The van der Waals surface area contributed by atoms with Crippen LogP contribution in [0.2, 0.25) is 0 Å². The van der Waals surface area contributed by atoms with Crippen LogP contribution in [0.15, 0.2) is 59.5 Å². The molecule has 2 aromatic rings. The summed E-state index contributed by atoms with van der Waals surface area (Å²) in [4.78, 5) is 10.6. The van der Waals surface area contributed by atoms with Gasteiger partial charge in [0.15, 0.2) is 0 Å². The largest absolute Gasteiger partial charge is 0.481 e. The molecule has 0 amide bonds. The average Bonchev–Trinajstić information content (AvgIpc) is 2.46. The molecule has 2 N–H and O–H groups in total. The highest BCUT2D eigenvalue weighted by Crippen LogP contribution is 2.16. The molecule has 0 fully saturated rings. The second-order valence-electron chi connectivity index (χ2n) is 4.51. The highest BCUT2D eigenvalue weighted by molar-refractivity contribution is 7.92. The van der Waals surface area contributed by atoms with E-state index in [-0.39, 0.29) is 11.3 Å². The molecule has 0 aliphatic rings. The number of para-hydroxylation sites is 1. The van der Waals surface area contributed by atoms with Crippen LogP contribution in [0, 0.1) is 0 Å².